The second-order valence-electron chi connectivity index (χ2n) is 10.3. The van der Waals surface area contributed by atoms with Crippen molar-refractivity contribution in [2.75, 3.05) is 26.9 Å². The zero-order valence-electron chi connectivity index (χ0n) is 20.7. The minimum absolute atomic E-state index is 0.0848. The average molecular weight is 532 g/mol. The van der Waals surface area contributed by atoms with Gasteiger partial charge in [0.15, 0.2) is 11.4 Å². The molecule has 1 aromatic carbocycles. The molecule has 1 amide bonds. The van der Waals surface area contributed by atoms with E-state index in [1.165, 1.54) is 13.2 Å². The molecule has 38 heavy (non-hydrogen) atoms. The van der Waals surface area contributed by atoms with Crippen LogP contribution in [0.4, 0.5) is 4.39 Å². The number of amides is 1. The number of methoxy groups -OCH3 is 1. The minimum atomic E-state index is -2.76. The lowest BCUT2D eigenvalue weighted by atomic mass is 9.59. The van der Waals surface area contributed by atoms with Crippen molar-refractivity contribution >= 4 is 17.5 Å². The van der Waals surface area contributed by atoms with Crippen LogP contribution < -0.4 is 16.2 Å². The van der Waals surface area contributed by atoms with Crippen molar-refractivity contribution in [1.29, 1.82) is 0 Å². The number of aromatic hydroxyl groups is 1. The number of hydrogen-bond acceptors (Lipinski definition) is 10. The number of phenolic OH excluding ortho intramolecular Hbond substituents is 1. The SMILES string of the molecule is COc1c([C@@H]2CCCN2CCF)cc(O)c2c1C[C@H]1C[C@H]3[C@H](N)C(O)=C(C(N)=O)C(=O)[C@@]3(O)C(O)=C1C2=O. The van der Waals surface area contributed by atoms with E-state index in [1.54, 1.807) is 0 Å². The highest BCUT2D eigenvalue weighted by Crippen LogP contribution is 2.53. The molecule has 3 aliphatic carbocycles. The molecule has 1 aromatic rings. The molecule has 8 N–H and O–H groups in total. The van der Waals surface area contributed by atoms with Gasteiger partial charge in [-0.3, -0.25) is 19.3 Å². The Morgan fingerprint density at radius 2 is 2.00 bits per heavy atom. The lowest BCUT2D eigenvalue weighted by Gasteiger charge is -2.47. The fraction of sp³-hybridized carbons (Fsp3) is 0.500. The number of alkyl halides is 1. The van der Waals surface area contributed by atoms with Gasteiger partial charge in [-0.25, -0.2) is 4.39 Å². The number of nitrogens with zero attached hydrogens (tertiary/aromatic N) is 1. The van der Waals surface area contributed by atoms with E-state index in [9.17, 15) is 39.2 Å². The van der Waals surface area contributed by atoms with Crippen LogP contribution in [0.3, 0.4) is 0 Å². The number of likely N-dealkylation sites (tertiary alicyclic amines) is 1. The van der Waals surface area contributed by atoms with Crippen molar-refractivity contribution in [2.24, 2.45) is 23.3 Å². The van der Waals surface area contributed by atoms with Gasteiger partial charge in [-0.2, -0.15) is 0 Å². The Hall–Kier alpha value is -3.48. The fourth-order valence-corrected chi connectivity index (χ4v) is 6.83. The molecule has 5 rings (SSSR count). The van der Waals surface area contributed by atoms with Crippen molar-refractivity contribution in [1.82, 2.24) is 4.90 Å². The molecule has 4 aliphatic rings. The van der Waals surface area contributed by atoms with Crippen LogP contribution in [0.5, 0.6) is 11.5 Å². The topological polar surface area (TPSA) is 197 Å². The summed E-state index contributed by atoms with van der Waals surface area (Å²) < 4.78 is 18.9. The van der Waals surface area contributed by atoms with E-state index in [1.807, 2.05) is 4.90 Å². The number of aliphatic hydroxyl groups excluding tert-OH is 2. The van der Waals surface area contributed by atoms with E-state index in [-0.39, 0.29) is 42.3 Å². The van der Waals surface area contributed by atoms with Crippen molar-refractivity contribution in [2.45, 2.75) is 43.4 Å². The summed E-state index contributed by atoms with van der Waals surface area (Å²) in [5.41, 5.74) is 8.22. The van der Waals surface area contributed by atoms with Crippen LogP contribution in [0, 0.1) is 11.8 Å². The number of carbonyl (C=O) groups excluding carboxylic acids is 3. The Morgan fingerprint density at radius 3 is 2.63 bits per heavy atom. The third-order valence-corrected chi connectivity index (χ3v) is 8.53. The van der Waals surface area contributed by atoms with Crippen molar-refractivity contribution < 1.29 is 43.9 Å². The number of allylic oxidation sites excluding steroid dienone is 1. The zero-order valence-corrected chi connectivity index (χ0v) is 20.7. The second kappa shape index (κ2) is 9.07. The van der Waals surface area contributed by atoms with E-state index < -0.39 is 64.7 Å². The third kappa shape index (κ3) is 3.40. The first-order chi connectivity index (χ1) is 18.0. The predicted molar refractivity (Wildman–Crippen MR) is 130 cm³/mol. The number of phenols is 1. The molecule has 0 radical (unpaired) electrons. The van der Waals surface area contributed by atoms with Crippen LogP contribution >= 0.6 is 0 Å². The fourth-order valence-electron chi connectivity index (χ4n) is 6.83. The molecule has 0 spiro atoms. The summed E-state index contributed by atoms with van der Waals surface area (Å²) in [4.78, 5) is 40.7. The van der Waals surface area contributed by atoms with Gasteiger partial charge in [0.1, 0.15) is 35.3 Å². The number of fused-ring (bicyclic) bond motifs is 3. The number of benzene rings is 1. The van der Waals surface area contributed by atoms with Gasteiger partial charge >= 0.3 is 0 Å². The molecule has 11 nitrogen and oxygen atoms in total. The smallest absolute Gasteiger partial charge is 0.255 e. The second-order valence-corrected chi connectivity index (χ2v) is 10.3. The molecule has 1 heterocycles. The molecular formula is C26H30FN3O8. The first-order valence-electron chi connectivity index (χ1n) is 12.5. The molecule has 1 saturated heterocycles. The highest BCUT2D eigenvalue weighted by atomic mass is 19.1. The molecule has 0 bridgehead atoms. The quantitative estimate of drug-likeness (QED) is 0.293. The lowest BCUT2D eigenvalue weighted by Crippen LogP contribution is -2.63. The predicted octanol–water partition coefficient (Wildman–Crippen LogP) is 0.633. The van der Waals surface area contributed by atoms with Crippen LogP contribution in [-0.2, 0) is 16.0 Å². The molecule has 1 fully saturated rings. The first kappa shape index (κ1) is 26.1. The Balaban J connectivity index is 1.66. The third-order valence-electron chi connectivity index (χ3n) is 8.53. The highest BCUT2D eigenvalue weighted by molar-refractivity contribution is 6.24. The van der Waals surface area contributed by atoms with Gasteiger partial charge < -0.3 is 36.6 Å². The van der Waals surface area contributed by atoms with Crippen LogP contribution in [-0.4, -0.2) is 81.3 Å². The number of halogens is 1. The monoisotopic (exact) mass is 531 g/mol. The van der Waals surface area contributed by atoms with Gasteiger partial charge in [0.05, 0.1) is 18.7 Å². The number of ether oxygens (including phenoxy) is 1. The molecule has 1 aliphatic heterocycles. The molecular weight excluding hydrogens is 501 g/mol. The molecule has 204 valence electrons. The Kier molecular flexibility index (Phi) is 6.24. The van der Waals surface area contributed by atoms with Gasteiger partial charge in [-0.1, -0.05) is 0 Å². The molecule has 12 heteroatoms. The largest absolute Gasteiger partial charge is 0.510 e. The average Bonchev–Trinajstić information content (AvgIpc) is 3.32. The number of hydrogen-bond donors (Lipinski definition) is 6. The number of nitrogens with two attached hydrogens (primary N) is 2. The minimum Gasteiger partial charge on any atom is -0.510 e. The Labute approximate surface area is 217 Å². The Morgan fingerprint density at radius 1 is 1.29 bits per heavy atom. The number of primary amides is 1. The zero-order chi connectivity index (χ0) is 27.7. The van der Waals surface area contributed by atoms with Crippen molar-refractivity contribution in [3.05, 3.63) is 45.4 Å². The summed E-state index contributed by atoms with van der Waals surface area (Å²) in [6.45, 7) is 0.352. The molecule has 0 aromatic heterocycles. The van der Waals surface area contributed by atoms with E-state index in [2.05, 4.69) is 0 Å². The summed E-state index contributed by atoms with van der Waals surface area (Å²) >= 11 is 0. The molecule has 0 unspecified atom stereocenters. The Bertz CT molecular complexity index is 1320. The lowest BCUT2D eigenvalue weighted by molar-refractivity contribution is -0.145. The van der Waals surface area contributed by atoms with Crippen LogP contribution in [0.15, 0.2) is 28.7 Å². The maximum absolute atomic E-state index is 13.7. The number of rotatable bonds is 5. The van der Waals surface area contributed by atoms with Crippen molar-refractivity contribution in [3.8, 4) is 11.5 Å². The summed E-state index contributed by atoms with van der Waals surface area (Å²) in [5, 5.41) is 44.0. The highest BCUT2D eigenvalue weighted by Gasteiger charge is 2.62. The number of ketones is 2. The maximum Gasteiger partial charge on any atom is 0.255 e. The number of aliphatic hydroxyl groups is 3. The number of carbonyl (C=O) groups is 3. The van der Waals surface area contributed by atoms with Gasteiger partial charge in [-0.15, -0.1) is 0 Å². The van der Waals surface area contributed by atoms with E-state index >= 15 is 0 Å². The van der Waals surface area contributed by atoms with Crippen LogP contribution in [0.2, 0.25) is 0 Å². The van der Waals surface area contributed by atoms with Gasteiger partial charge in [0.2, 0.25) is 5.78 Å². The van der Waals surface area contributed by atoms with Crippen molar-refractivity contribution in [3.63, 3.8) is 0 Å². The summed E-state index contributed by atoms with van der Waals surface area (Å²) in [6.07, 6.45) is 1.51. The first-order valence-corrected chi connectivity index (χ1v) is 12.5. The van der Waals surface area contributed by atoms with Gasteiger partial charge in [0, 0.05) is 35.2 Å². The van der Waals surface area contributed by atoms with E-state index in [0.29, 0.717) is 29.8 Å². The molecule has 5 atom stereocenters. The van der Waals surface area contributed by atoms with Gasteiger partial charge in [-0.05, 0) is 44.2 Å². The van der Waals surface area contributed by atoms with Crippen LogP contribution in [0.25, 0.3) is 0 Å². The summed E-state index contributed by atoms with van der Waals surface area (Å²) in [7, 11) is 1.43. The van der Waals surface area contributed by atoms with E-state index in [4.69, 9.17) is 16.2 Å². The maximum atomic E-state index is 13.7. The normalized spacial score (nSPS) is 31.3. The summed E-state index contributed by atoms with van der Waals surface area (Å²) in [6, 6.07) is -0.245. The number of Topliss-reactive ketones (excluding diaryl/α,β-unsaturated/α-hetero) is 2. The van der Waals surface area contributed by atoms with E-state index in [0.717, 1.165) is 6.42 Å². The van der Waals surface area contributed by atoms with Crippen LogP contribution in [0.1, 0.15) is 46.8 Å². The van der Waals surface area contributed by atoms with Gasteiger partial charge in [0.25, 0.3) is 5.91 Å². The standard InChI is InChI=1S/C26H30FN3O8/c1-38-22-11(14-3-2-5-30(14)6-4-27)9-15(31)17-12(22)7-10-8-13-19(28)21(33)18(25(29)36)24(35)26(13,37)23(34)16(10)20(17)32/h9-10,13-14,19,31,33-34,37H,2-8,28H2,1H3,(H2,29,36)/t10-,13-,14-,19-,26-/m0/s1. The summed E-state index contributed by atoms with van der Waals surface area (Å²) in [5.74, 6) is -7.28. The molecule has 0 saturated carbocycles.